The van der Waals surface area contributed by atoms with Crippen molar-refractivity contribution in [3.8, 4) is 0 Å². The molecule has 0 aliphatic rings. The van der Waals surface area contributed by atoms with Gasteiger partial charge in [-0.25, -0.2) is 8.42 Å². The van der Waals surface area contributed by atoms with Crippen molar-refractivity contribution in [3.05, 3.63) is 52.2 Å². The van der Waals surface area contributed by atoms with Gasteiger partial charge in [0.2, 0.25) is 10.0 Å². The van der Waals surface area contributed by atoms with Crippen LogP contribution < -0.4 is 0 Å². The maximum absolute atomic E-state index is 12.5. The van der Waals surface area contributed by atoms with Crippen molar-refractivity contribution in [1.29, 1.82) is 0 Å². The molecule has 0 aliphatic heterocycles. The van der Waals surface area contributed by atoms with Crippen LogP contribution in [0.4, 0.5) is 0 Å². The van der Waals surface area contributed by atoms with Gasteiger partial charge in [0.05, 0.1) is 4.90 Å². The van der Waals surface area contributed by atoms with Crippen molar-refractivity contribution >= 4 is 33.0 Å². The average Bonchev–Trinajstić information content (AvgIpc) is 2.91. The predicted octanol–water partition coefficient (Wildman–Crippen LogP) is 3.31. The number of rotatable bonds is 5. The molecule has 0 N–H and O–H groups in total. The maximum Gasteiger partial charge on any atom is 0.243 e. The SMILES string of the molecule is CN(Cc1ccsc1)S(=O)(=O)c1ccccc1CCl. The molecule has 2 aromatic rings. The molecule has 0 fully saturated rings. The minimum atomic E-state index is -3.50. The number of sulfonamides is 1. The minimum Gasteiger partial charge on any atom is -0.207 e. The van der Waals surface area contributed by atoms with E-state index in [4.69, 9.17) is 11.6 Å². The Morgan fingerprint density at radius 1 is 1.26 bits per heavy atom. The summed E-state index contributed by atoms with van der Waals surface area (Å²) < 4.78 is 26.4. The zero-order valence-electron chi connectivity index (χ0n) is 10.4. The van der Waals surface area contributed by atoms with Crippen LogP contribution in [0.2, 0.25) is 0 Å². The molecular formula is C13H14ClNO2S2. The molecule has 2 rings (SSSR count). The van der Waals surface area contributed by atoms with Crippen LogP contribution in [0.5, 0.6) is 0 Å². The molecule has 0 unspecified atom stereocenters. The molecule has 0 atom stereocenters. The summed E-state index contributed by atoms with van der Waals surface area (Å²) in [6, 6.07) is 8.75. The number of hydrogen-bond acceptors (Lipinski definition) is 3. The molecule has 0 radical (unpaired) electrons. The Morgan fingerprint density at radius 2 is 2.00 bits per heavy atom. The van der Waals surface area contributed by atoms with E-state index in [0.29, 0.717) is 12.1 Å². The lowest BCUT2D eigenvalue weighted by Gasteiger charge is -2.18. The van der Waals surface area contributed by atoms with Gasteiger partial charge in [0.1, 0.15) is 0 Å². The molecule has 0 bridgehead atoms. The first-order chi connectivity index (χ1) is 9.05. The molecule has 1 aromatic heterocycles. The van der Waals surface area contributed by atoms with Crippen molar-refractivity contribution in [2.75, 3.05) is 7.05 Å². The van der Waals surface area contributed by atoms with Crippen molar-refractivity contribution in [3.63, 3.8) is 0 Å². The van der Waals surface area contributed by atoms with Gasteiger partial charge < -0.3 is 0 Å². The fraction of sp³-hybridized carbons (Fsp3) is 0.231. The van der Waals surface area contributed by atoms with E-state index in [9.17, 15) is 8.42 Å². The molecule has 1 aromatic carbocycles. The molecule has 102 valence electrons. The van der Waals surface area contributed by atoms with E-state index in [1.165, 1.54) is 4.31 Å². The van der Waals surface area contributed by atoms with Crippen LogP contribution >= 0.6 is 22.9 Å². The third kappa shape index (κ3) is 3.17. The second-order valence-corrected chi connectivity index (χ2v) is 7.19. The predicted molar refractivity (Wildman–Crippen MR) is 79.0 cm³/mol. The Balaban J connectivity index is 2.31. The molecule has 19 heavy (non-hydrogen) atoms. The lowest BCUT2D eigenvalue weighted by molar-refractivity contribution is 0.466. The summed E-state index contributed by atoms with van der Waals surface area (Å²) >= 11 is 7.36. The average molecular weight is 316 g/mol. The van der Waals surface area contributed by atoms with Crippen LogP contribution in [0.25, 0.3) is 0 Å². The van der Waals surface area contributed by atoms with Crippen LogP contribution in [-0.2, 0) is 22.4 Å². The number of nitrogens with zero attached hydrogens (tertiary/aromatic N) is 1. The van der Waals surface area contributed by atoms with E-state index >= 15 is 0 Å². The van der Waals surface area contributed by atoms with E-state index in [-0.39, 0.29) is 10.8 Å². The highest BCUT2D eigenvalue weighted by Gasteiger charge is 2.23. The number of halogens is 1. The molecule has 0 spiro atoms. The number of hydrogen-bond donors (Lipinski definition) is 0. The summed E-state index contributed by atoms with van der Waals surface area (Å²) in [5, 5.41) is 3.88. The van der Waals surface area contributed by atoms with Crippen LogP contribution in [0.15, 0.2) is 46.0 Å². The van der Waals surface area contributed by atoms with Crippen molar-refractivity contribution in [1.82, 2.24) is 4.31 Å². The molecule has 0 saturated heterocycles. The van der Waals surface area contributed by atoms with Crippen LogP contribution in [0.1, 0.15) is 11.1 Å². The fourth-order valence-electron chi connectivity index (χ4n) is 1.76. The first kappa shape index (κ1) is 14.5. The third-order valence-electron chi connectivity index (χ3n) is 2.79. The van der Waals surface area contributed by atoms with Crippen LogP contribution in [0.3, 0.4) is 0 Å². The van der Waals surface area contributed by atoms with Crippen molar-refractivity contribution < 1.29 is 8.42 Å². The van der Waals surface area contributed by atoms with Gasteiger partial charge in [-0.05, 0) is 34.0 Å². The van der Waals surface area contributed by atoms with Gasteiger partial charge in [-0.2, -0.15) is 15.6 Å². The van der Waals surface area contributed by atoms with Gasteiger partial charge in [0.15, 0.2) is 0 Å². The molecule has 0 aliphatic carbocycles. The molecule has 0 amide bonds. The molecule has 3 nitrogen and oxygen atoms in total. The first-order valence-electron chi connectivity index (χ1n) is 5.67. The first-order valence-corrected chi connectivity index (χ1v) is 8.58. The lowest BCUT2D eigenvalue weighted by Crippen LogP contribution is -2.27. The van der Waals surface area contributed by atoms with Gasteiger partial charge in [0.25, 0.3) is 0 Å². The minimum absolute atomic E-state index is 0.182. The van der Waals surface area contributed by atoms with Crippen molar-refractivity contribution in [2.45, 2.75) is 17.3 Å². The van der Waals surface area contributed by atoms with Crippen molar-refractivity contribution in [2.24, 2.45) is 0 Å². The van der Waals surface area contributed by atoms with Gasteiger partial charge in [-0.1, -0.05) is 18.2 Å². The van der Waals surface area contributed by atoms with Gasteiger partial charge in [-0.15, -0.1) is 11.6 Å². The Morgan fingerprint density at radius 3 is 2.63 bits per heavy atom. The Bertz CT molecular complexity index is 638. The molecular weight excluding hydrogens is 302 g/mol. The van der Waals surface area contributed by atoms with E-state index in [1.807, 2.05) is 16.8 Å². The highest BCUT2D eigenvalue weighted by atomic mass is 35.5. The maximum atomic E-state index is 12.5. The van der Waals surface area contributed by atoms with E-state index in [0.717, 1.165) is 5.56 Å². The summed E-state index contributed by atoms with van der Waals surface area (Å²) in [6.45, 7) is 0.364. The summed E-state index contributed by atoms with van der Waals surface area (Å²) in [5.74, 6) is 0.182. The topological polar surface area (TPSA) is 37.4 Å². The standard InChI is InChI=1S/C13H14ClNO2S2/c1-15(9-11-6-7-18-10-11)19(16,17)13-5-3-2-4-12(13)8-14/h2-7,10H,8-9H2,1H3. The second kappa shape index (κ2) is 6.05. The lowest BCUT2D eigenvalue weighted by atomic mass is 10.2. The quantitative estimate of drug-likeness (QED) is 0.794. The van der Waals surface area contributed by atoms with E-state index in [1.54, 1.807) is 42.6 Å². The largest absolute Gasteiger partial charge is 0.243 e. The Labute approximate surface area is 122 Å². The second-order valence-electron chi connectivity index (χ2n) is 4.13. The van der Waals surface area contributed by atoms with Crippen LogP contribution in [-0.4, -0.2) is 19.8 Å². The van der Waals surface area contributed by atoms with Gasteiger partial charge in [-0.3, -0.25) is 0 Å². The highest BCUT2D eigenvalue weighted by Crippen LogP contribution is 2.22. The summed E-state index contributed by atoms with van der Waals surface area (Å²) in [4.78, 5) is 0.280. The number of benzene rings is 1. The zero-order chi connectivity index (χ0) is 13.9. The fourth-order valence-corrected chi connectivity index (χ4v) is 4.11. The summed E-state index contributed by atoms with van der Waals surface area (Å²) in [5.41, 5.74) is 1.61. The number of alkyl halides is 1. The van der Waals surface area contributed by atoms with Gasteiger partial charge in [0, 0.05) is 19.5 Å². The molecule has 6 heteroatoms. The summed E-state index contributed by atoms with van der Waals surface area (Å²) in [6.07, 6.45) is 0. The zero-order valence-corrected chi connectivity index (χ0v) is 12.8. The number of thiophene rings is 1. The smallest absolute Gasteiger partial charge is 0.207 e. The monoisotopic (exact) mass is 315 g/mol. The normalized spacial score (nSPS) is 11.9. The highest BCUT2D eigenvalue weighted by molar-refractivity contribution is 7.89. The molecule has 0 saturated carbocycles. The van der Waals surface area contributed by atoms with Crippen LogP contribution in [0, 0.1) is 0 Å². The Hall–Kier alpha value is -0.880. The third-order valence-corrected chi connectivity index (χ3v) is 5.71. The molecule has 1 heterocycles. The summed E-state index contributed by atoms with van der Waals surface area (Å²) in [7, 11) is -1.92. The van der Waals surface area contributed by atoms with E-state index in [2.05, 4.69) is 0 Å². The Kier molecular flexibility index (Phi) is 4.62. The van der Waals surface area contributed by atoms with Gasteiger partial charge >= 0.3 is 0 Å². The van der Waals surface area contributed by atoms with E-state index < -0.39 is 10.0 Å².